The van der Waals surface area contributed by atoms with Crippen LogP contribution in [0, 0.1) is 0 Å². The molecule has 0 saturated heterocycles. The average Bonchev–Trinajstić information content (AvgIpc) is 2.57. The van der Waals surface area contributed by atoms with Crippen LogP contribution in [0.15, 0.2) is 16.9 Å². The summed E-state index contributed by atoms with van der Waals surface area (Å²) in [7, 11) is 0. The monoisotopic (exact) mass is 193 g/mol. The molecule has 76 valence electrons. The molecule has 1 aliphatic rings. The van der Waals surface area contributed by atoms with E-state index in [-0.39, 0.29) is 5.56 Å². The molecule has 2 rings (SSSR count). The first kappa shape index (κ1) is 9.46. The molecule has 1 unspecified atom stereocenters. The van der Waals surface area contributed by atoms with Gasteiger partial charge in [0.25, 0.3) is 5.56 Å². The molecule has 0 aliphatic heterocycles. The summed E-state index contributed by atoms with van der Waals surface area (Å²) < 4.78 is 1.72. The molecular formula is C11H15NO2. The fourth-order valence-electron chi connectivity index (χ4n) is 2.10. The zero-order chi connectivity index (χ0) is 10.1. The first-order chi connectivity index (χ1) is 6.68. The van der Waals surface area contributed by atoms with E-state index in [0.29, 0.717) is 6.54 Å². The number of rotatable bonds is 2. The number of pyridine rings is 1. The maximum absolute atomic E-state index is 11.6. The van der Waals surface area contributed by atoms with E-state index in [2.05, 4.69) is 0 Å². The summed E-state index contributed by atoms with van der Waals surface area (Å²) in [6.45, 7) is 2.13. The molecule has 1 N–H and O–H groups in total. The maximum Gasteiger partial charge on any atom is 0.250 e. The van der Waals surface area contributed by atoms with Crippen LogP contribution in [0.25, 0.3) is 0 Å². The van der Waals surface area contributed by atoms with Crippen LogP contribution in [0.5, 0.6) is 0 Å². The van der Waals surface area contributed by atoms with Gasteiger partial charge in [0.15, 0.2) is 0 Å². The summed E-state index contributed by atoms with van der Waals surface area (Å²) in [6, 6.07) is 3.52. The molecule has 0 fully saturated rings. The van der Waals surface area contributed by atoms with Crippen molar-refractivity contribution in [1.29, 1.82) is 0 Å². The van der Waals surface area contributed by atoms with Crippen LogP contribution in [0.2, 0.25) is 0 Å². The highest BCUT2D eigenvalue weighted by Gasteiger charge is 2.16. The molecule has 0 radical (unpaired) electrons. The second-order valence-electron chi connectivity index (χ2n) is 3.96. The van der Waals surface area contributed by atoms with Crippen molar-refractivity contribution >= 4 is 0 Å². The van der Waals surface area contributed by atoms with Crippen molar-refractivity contribution in [2.24, 2.45) is 0 Å². The summed E-state index contributed by atoms with van der Waals surface area (Å²) >= 11 is 0. The Bertz CT molecular complexity index is 393. The van der Waals surface area contributed by atoms with E-state index in [1.54, 1.807) is 17.6 Å². The van der Waals surface area contributed by atoms with Gasteiger partial charge in [0.05, 0.1) is 12.6 Å². The summed E-state index contributed by atoms with van der Waals surface area (Å²) in [5.74, 6) is 0. The first-order valence-electron chi connectivity index (χ1n) is 5.08. The summed E-state index contributed by atoms with van der Waals surface area (Å²) in [5, 5.41) is 9.30. The van der Waals surface area contributed by atoms with Gasteiger partial charge in [-0.2, -0.15) is 0 Å². The molecule has 1 heterocycles. The Hall–Kier alpha value is -1.09. The number of fused-ring (bicyclic) bond motifs is 1. The van der Waals surface area contributed by atoms with Gasteiger partial charge in [-0.3, -0.25) is 4.79 Å². The predicted octanol–water partition coefficient (Wildman–Crippen LogP) is 0.718. The van der Waals surface area contributed by atoms with Gasteiger partial charge in [-0.1, -0.05) is 6.07 Å². The van der Waals surface area contributed by atoms with Crippen LogP contribution < -0.4 is 5.56 Å². The van der Waals surface area contributed by atoms with Gasteiger partial charge in [-0.15, -0.1) is 0 Å². The predicted molar refractivity (Wildman–Crippen MR) is 54.4 cm³/mol. The molecule has 0 aromatic carbocycles. The van der Waals surface area contributed by atoms with Gasteiger partial charge in [-0.25, -0.2) is 0 Å². The smallest absolute Gasteiger partial charge is 0.250 e. The van der Waals surface area contributed by atoms with Crippen molar-refractivity contribution in [3.05, 3.63) is 33.7 Å². The standard InChI is InChI=1S/C11H15NO2/c1-8(13)7-12-10-4-2-3-9(10)5-6-11(12)14/h5-6,8,13H,2-4,7H2,1H3. The molecule has 0 saturated carbocycles. The van der Waals surface area contributed by atoms with Crippen LogP contribution in [-0.4, -0.2) is 15.8 Å². The highest BCUT2D eigenvalue weighted by atomic mass is 16.3. The minimum atomic E-state index is -0.459. The lowest BCUT2D eigenvalue weighted by atomic mass is 10.2. The average molecular weight is 193 g/mol. The Kier molecular flexibility index (Phi) is 2.42. The highest BCUT2D eigenvalue weighted by molar-refractivity contribution is 5.25. The normalized spacial score (nSPS) is 16.7. The summed E-state index contributed by atoms with van der Waals surface area (Å²) in [4.78, 5) is 11.6. The largest absolute Gasteiger partial charge is 0.392 e. The van der Waals surface area contributed by atoms with Crippen molar-refractivity contribution in [3.8, 4) is 0 Å². The molecule has 1 aromatic rings. The number of hydrogen-bond acceptors (Lipinski definition) is 2. The second kappa shape index (κ2) is 3.58. The number of aryl methyl sites for hydroxylation is 1. The van der Waals surface area contributed by atoms with E-state index in [4.69, 9.17) is 0 Å². The molecule has 0 amide bonds. The van der Waals surface area contributed by atoms with Gasteiger partial charge in [-0.05, 0) is 31.7 Å². The number of aliphatic hydroxyl groups is 1. The lowest BCUT2D eigenvalue weighted by Gasteiger charge is -2.13. The Morgan fingerprint density at radius 1 is 1.50 bits per heavy atom. The molecule has 0 spiro atoms. The van der Waals surface area contributed by atoms with Crippen LogP contribution in [0.1, 0.15) is 24.6 Å². The zero-order valence-corrected chi connectivity index (χ0v) is 8.36. The van der Waals surface area contributed by atoms with Gasteiger partial charge in [0, 0.05) is 11.8 Å². The zero-order valence-electron chi connectivity index (χ0n) is 8.36. The van der Waals surface area contributed by atoms with Crippen LogP contribution >= 0.6 is 0 Å². The molecule has 1 aliphatic carbocycles. The van der Waals surface area contributed by atoms with E-state index in [1.165, 1.54) is 5.56 Å². The second-order valence-corrected chi connectivity index (χ2v) is 3.96. The molecule has 1 aromatic heterocycles. The van der Waals surface area contributed by atoms with Crippen molar-refractivity contribution in [3.63, 3.8) is 0 Å². The fraction of sp³-hybridized carbons (Fsp3) is 0.545. The van der Waals surface area contributed by atoms with E-state index in [1.807, 2.05) is 6.07 Å². The Balaban J connectivity index is 2.46. The first-order valence-corrected chi connectivity index (χ1v) is 5.08. The SMILES string of the molecule is CC(O)Cn1c2c(ccc1=O)CCC2. The topological polar surface area (TPSA) is 42.2 Å². The molecule has 1 atom stereocenters. The third kappa shape index (κ3) is 1.60. The van der Waals surface area contributed by atoms with E-state index < -0.39 is 6.10 Å². The molecule has 3 nitrogen and oxygen atoms in total. The van der Waals surface area contributed by atoms with Gasteiger partial charge in [0.1, 0.15) is 0 Å². The van der Waals surface area contributed by atoms with E-state index in [0.717, 1.165) is 25.0 Å². The maximum atomic E-state index is 11.6. The summed E-state index contributed by atoms with van der Waals surface area (Å²) in [6.07, 6.45) is 2.70. The van der Waals surface area contributed by atoms with Crippen molar-refractivity contribution in [1.82, 2.24) is 4.57 Å². The van der Waals surface area contributed by atoms with Crippen LogP contribution in [0.3, 0.4) is 0 Å². The molecule has 3 heteroatoms. The van der Waals surface area contributed by atoms with Crippen molar-refractivity contribution in [2.75, 3.05) is 0 Å². The third-order valence-electron chi connectivity index (χ3n) is 2.70. The lowest BCUT2D eigenvalue weighted by molar-refractivity contribution is 0.171. The van der Waals surface area contributed by atoms with Crippen molar-refractivity contribution in [2.45, 2.75) is 38.8 Å². The molecular weight excluding hydrogens is 178 g/mol. The van der Waals surface area contributed by atoms with Crippen LogP contribution in [-0.2, 0) is 19.4 Å². The quantitative estimate of drug-likeness (QED) is 0.752. The van der Waals surface area contributed by atoms with Gasteiger partial charge >= 0.3 is 0 Å². The number of nitrogens with zero attached hydrogens (tertiary/aromatic N) is 1. The number of aromatic nitrogens is 1. The van der Waals surface area contributed by atoms with E-state index >= 15 is 0 Å². The van der Waals surface area contributed by atoms with Crippen LogP contribution in [0.4, 0.5) is 0 Å². The molecule has 14 heavy (non-hydrogen) atoms. The minimum Gasteiger partial charge on any atom is -0.392 e. The Labute approximate surface area is 83.0 Å². The minimum absolute atomic E-state index is 0.00606. The fourth-order valence-corrected chi connectivity index (χ4v) is 2.10. The Morgan fingerprint density at radius 2 is 2.29 bits per heavy atom. The third-order valence-corrected chi connectivity index (χ3v) is 2.70. The number of aliphatic hydroxyl groups excluding tert-OH is 1. The van der Waals surface area contributed by atoms with Crippen molar-refractivity contribution < 1.29 is 5.11 Å². The summed E-state index contributed by atoms with van der Waals surface area (Å²) in [5.41, 5.74) is 2.40. The van der Waals surface area contributed by atoms with Gasteiger partial charge < -0.3 is 9.67 Å². The highest BCUT2D eigenvalue weighted by Crippen LogP contribution is 2.19. The Morgan fingerprint density at radius 3 is 3.00 bits per heavy atom. The lowest BCUT2D eigenvalue weighted by Crippen LogP contribution is -2.27. The van der Waals surface area contributed by atoms with E-state index in [9.17, 15) is 9.90 Å². The number of hydrogen-bond donors (Lipinski definition) is 1. The molecule has 0 bridgehead atoms. The van der Waals surface area contributed by atoms with Gasteiger partial charge in [0.2, 0.25) is 0 Å².